The summed E-state index contributed by atoms with van der Waals surface area (Å²) in [6, 6.07) is 11.9. The van der Waals surface area contributed by atoms with Crippen LogP contribution in [0.2, 0.25) is 5.02 Å². The number of nitrogens with two attached hydrogens (primary N) is 1. The smallest absolute Gasteiger partial charge is 0.251 e. The fourth-order valence-corrected chi connectivity index (χ4v) is 3.04. The van der Waals surface area contributed by atoms with Gasteiger partial charge in [0.2, 0.25) is 5.91 Å². The van der Waals surface area contributed by atoms with Crippen LogP contribution in [0.15, 0.2) is 42.5 Å². The van der Waals surface area contributed by atoms with E-state index in [0.29, 0.717) is 29.5 Å². The van der Waals surface area contributed by atoms with E-state index in [9.17, 15) is 9.59 Å². The minimum Gasteiger partial charge on any atom is -0.492 e. The van der Waals surface area contributed by atoms with E-state index in [4.69, 9.17) is 22.1 Å². The van der Waals surface area contributed by atoms with Crippen molar-refractivity contribution in [3.05, 3.63) is 58.6 Å². The Morgan fingerprint density at radius 1 is 1.31 bits per heavy atom. The molecule has 1 atom stereocenters. The van der Waals surface area contributed by atoms with Crippen molar-refractivity contribution in [3.63, 3.8) is 0 Å². The first-order valence-corrected chi connectivity index (χ1v) is 8.78. The third-order valence-corrected chi connectivity index (χ3v) is 4.40. The van der Waals surface area contributed by atoms with Crippen molar-refractivity contribution >= 4 is 29.1 Å². The molecule has 0 aromatic heterocycles. The quantitative estimate of drug-likeness (QED) is 0.679. The molecule has 7 heteroatoms. The van der Waals surface area contributed by atoms with Crippen LogP contribution in [-0.4, -0.2) is 25.0 Å². The lowest BCUT2D eigenvalue weighted by Gasteiger charge is -2.26. The highest BCUT2D eigenvalue weighted by molar-refractivity contribution is 6.32. The van der Waals surface area contributed by atoms with Crippen molar-refractivity contribution in [1.29, 1.82) is 0 Å². The zero-order valence-electron chi connectivity index (χ0n) is 14.1. The third-order valence-electron chi connectivity index (χ3n) is 4.11. The number of anilines is 1. The summed E-state index contributed by atoms with van der Waals surface area (Å²) in [6.07, 6.45) is 0.915. The Balaban J connectivity index is 1.72. The maximum Gasteiger partial charge on any atom is 0.251 e. The number of amides is 2. The van der Waals surface area contributed by atoms with Crippen molar-refractivity contribution in [3.8, 4) is 5.75 Å². The molecular formula is C19H20ClN3O3. The zero-order valence-corrected chi connectivity index (χ0v) is 14.9. The van der Waals surface area contributed by atoms with Gasteiger partial charge in [-0.2, -0.15) is 0 Å². The first-order chi connectivity index (χ1) is 12.6. The molecule has 1 aliphatic rings. The first-order valence-electron chi connectivity index (χ1n) is 8.40. The number of benzene rings is 2. The molecule has 4 N–H and O–H groups in total. The van der Waals surface area contributed by atoms with Gasteiger partial charge in [-0.3, -0.25) is 9.59 Å². The van der Waals surface area contributed by atoms with Gasteiger partial charge >= 0.3 is 0 Å². The Morgan fingerprint density at radius 3 is 2.88 bits per heavy atom. The molecule has 2 amide bonds. The van der Waals surface area contributed by atoms with Crippen LogP contribution >= 0.6 is 11.6 Å². The van der Waals surface area contributed by atoms with E-state index in [0.717, 1.165) is 17.7 Å². The topological polar surface area (TPSA) is 93.4 Å². The SMILES string of the molecule is NCCCOc1ccc(C(=O)NC2CC(=O)Nc3ccccc32)cc1Cl. The average molecular weight is 374 g/mol. The molecule has 2 aromatic rings. The normalized spacial score (nSPS) is 15.8. The number of hydrogen-bond acceptors (Lipinski definition) is 4. The van der Waals surface area contributed by atoms with Crippen LogP contribution in [0, 0.1) is 0 Å². The summed E-state index contributed by atoms with van der Waals surface area (Å²) < 4.78 is 5.53. The molecule has 0 saturated heterocycles. The predicted molar refractivity (Wildman–Crippen MR) is 101 cm³/mol. The molecule has 6 nitrogen and oxygen atoms in total. The van der Waals surface area contributed by atoms with Crippen LogP contribution in [0.3, 0.4) is 0 Å². The second-order valence-corrected chi connectivity index (χ2v) is 6.41. The zero-order chi connectivity index (χ0) is 18.5. The average Bonchev–Trinajstić information content (AvgIpc) is 2.63. The van der Waals surface area contributed by atoms with Crippen LogP contribution < -0.4 is 21.1 Å². The van der Waals surface area contributed by atoms with Crippen LogP contribution in [0.5, 0.6) is 5.75 Å². The van der Waals surface area contributed by atoms with Crippen molar-refractivity contribution in [1.82, 2.24) is 5.32 Å². The number of hydrogen-bond donors (Lipinski definition) is 3. The maximum absolute atomic E-state index is 12.6. The number of carbonyl (C=O) groups excluding carboxylic acids is 2. The number of para-hydroxylation sites is 1. The predicted octanol–water partition coefficient (Wildman–Crippen LogP) is 2.88. The fourth-order valence-electron chi connectivity index (χ4n) is 2.81. The van der Waals surface area contributed by atoms with Gasteiger partial charge in [0, 0.05) is 11.3 Å². The van der Waals surface area contributed by atoms with Gasteiger partial charge < -0.3 is 21.1 Å². The lowest BCUT2D eigenvalue weighted by Crippen LogP contribution is -2.35. The Bertz CT molecular complexity index is 825. The summed E-state index contributed by atoms with van der Waals surface area (Å²) in [7, 11) is 0. The molecule has 0 aliphatic carbocycles. The number of nitrogens with one attached hydrogen (secondary N) is 2. The van der Waals surface area contributed by atoms with Gasteiger partial charge in [0.05, 0.1) is 24.1 Å². The summed E-state index contributed by atoms with van der Waals surface area (Å²) in [6.45, 7) is 1.00. The second kappa shape index (κ2) is 8.21. The molecule has 0 bridgehead atoms. The van der Waals surface area contributed by atoms with E-state index in [2.05, 4.69) is 10.6 Å². The van der Waals surface area contributed by atoms with Crippen LogP contribution in [0.1, 0.15) is 34.8 Å². The maximum atomic E-state index is 12.6. The molecule has 1 heterocycles. The summed E-state index contributed by atoms with van der Waals surface area (Å²) in [5, 5.41) is 6.07. The molecule has 1 aliphatic heterocycles. The van der Waals surface area contributed by atoms with Gasteiger partial charge in [-0.05, 0) is 42.8 Å². The fraction of sp³-hybridized carbons (Fsp3) is 0.263. The van der Waals surface area contributed by atoms with E-state index in [-0.39, 0.29) is 24.3 Å². The van der Waals surface area contributed by atoms with E-state index < -0.39 is 0 Å². The molecule has 0 radical (unpaired) electrons. The van der Waals surface area contributed by atoms with Gasteiger partial charge in [-0.25, -0.2) is 0 Å². The highest BCUT2D eigenvalue weighted by Crippen LogP contribution is 2.31. The van der Waals surface area contributed by atoms with Gasteiger partial charge in [0.1, 0.15) is 5.75 Å². The Kier molecular flexibility index (Phi) is 5.75. The Labute approximate surface area is 156 Å². The third kappa shape index (κ3) is 4.15. The number of fused-ring (bicyclic) bond motifs is 1. The standard InChI is InChI=1S/C19H20ClN3O3/c20-14-10-12(6-7-17(14)26-9-3-8-21)19(25)23-16-11-18(24)22-15-5-2-1-4-13(15)16/h1-2,4-7,10,16H,3,8-9,11,21H2,(H,22,24)(H,23,25). The van der Waals surface area contributed by atoms with Gasteiger partial charge in [0.25, 0.3) is 5.91 Å². The lowest BCUT2D eigenvalue weighted by molar-refractivity contribution is -0.116. The van der Waals surface area contributed by atoms with Gasteiger partial charge in [0.15, 0.2) is 0 Å². The Hall–Kier alpha value is -2.57. The van der Waals surface area contributed by atoms with Gasteiger partial charge in [-0.1, -0.05) is 29.8 Å². The number of carbonyl (C=O) groups is 2. The van der Waals surface area contributed by atoms with Crippen molar-refractivity contribution in [2.75, 3.05) is 18.5 Å². The Morgan fingerprint density at radius 2 is 2.12 bits per heavy atom. The highest BCUT2D eigenvalue weighted by atomic mass is 35.5. The summed E-state index contributed by atoms with van der Waals surface area (Å²) in [4.78, 5) is 24.5. The van der Waals surface area contributed by atoms with Crippen LogP contribution in [-0.2, 0) is 4.79 Å². The lowest BCUT2D eigenvalue weighted by atomic mass is 9.97. The van der Waals surface area contributed by atoms with Crippen LogP contribution in [0.4, 0.5) is 5.69 Å². The van der Waals surface area contributed by atoms with Gasteiger partial charge in [-0.15, -0.1) is 0 Å². The highest BCUT2D eigenvalue weighted by Gasteiger charge is 2.26. The van der Waals surface area contributed by atoms with E-state index >= 15 is 0 Å². The molecule has 136 valence electrons. The molecular weight excluding hydrogens is 354 g/mol. The molecule has 0 saturated carbocycles. The van der Waals surface area contributed by atoms with E-state index in [1.165, 1.54) is 0 Å². The first kappa shape index (κ1) is 18.2. The number of rotatable bonds is 6. The van der Waals surface area contributed by atoms with Crippen molar-refractivity contribution < 1.29 is 14.3 Å². The molecule has 2 aromatic carbocycles. The number of ether oxygens (including phenoxy) is 1. The second-order valence-electron chi connectivity index (χ2n) is 6.00. The van der Waals surface area contributed by atoms with E-state index in [1.807, 2.05) is 24.3 Å². The minimum absolute atomic E-state index is 0.129. The summed E-state index contributed by atoms with van der Waals surface area (Å²) >= 11 is 6.20. The molecule has 0 fully saturated rings. The molecule has 1 unspecified atom stereocenters. The number of halogens is 1. The molecule has 26 heavy (non-hydrogen) atoms. The van der Waals surface area contributed by atoms with Crippen molar-refractivity contribution in [2.45, 2.75) is 18.9 Å². The summed E-state index contributed by atoms with van der Waals surface area (Å²) in [5.41, 5.74) is 7.44. The molecule has 0 spiro atoms. The summed E-state index contributed by atoms with van der Waals surface area (Å²) in [5.74, 6) is 0.0876. The minimum atomic E-state index is -0.383. The largest absolute Gasteiger partial charge is 0.492 e. The van der Waals surface area contributed by atoms with Crippen LogP contribution in [0.25, 0.3) is 0 Å². The van der Waals surface area contributed by atoms with E-state index in [1.54, 1.807) is 18.2 Å². The monoisotopic (exact) mass is 373 g/mol. The van der Waals surface area contributed by atoms with Crippen molar-refractivity contribution in [2.24, 2.45) is 5.73 Å². The molecule has 3 rings (SSSR count).